The summed E-state index contributed by atoms with van der Waals surface area (Å²) >= 11 is 1.96. The third kappa shape index (κ3) is 7.21. The second-order valence-electron chi connectivity index (χ2n) is 5.62. The van der Waals surface area contributed by atoms with Crippen LogP contribution in [0, 0.1) is 0 Å². The molecular weight excluding hydrogens is 256 g/mol. The topological polar surface area (TPSA) is 41.1 Å². The zero-order valence-electron chi connectivity index (χ0n) is 12.7. The van der Waals surface area contributed by atoms with Crippen molar-refractivity contribution in [3.05, 3.63) is 0 Å². The van der Waals surface area contributed by atoms with Crippen LogP contribution in [0.4, 0.5) is 0 Å². The molecule has 0 aliphatic heterocycles. The Morgan fingerprint density at radius 1 is 1.26 bits per heavy atom. The van der Waals surface area contributed by atoms with Crippen molar-refractivity contribution in [2.24, 2.45) is 0 Å². The fourth-order valence-corrected chi connectivity index (χ4v) is 3.37. The van der Waals surface area contributed by atoms with Gasteiger partial charge in [-0.15, -0.1) is 0 Å². The molecular formula is C15H30N2OS. The van der Waals surface area contributed by atoms with Gasteiger partial charge >= 0.3 is 0 Å². The van der Waals surface area contributed by atoms with Crippen molar-refractivity contribution in [2.75, 3.05) is 11.5 Å². The molecule has 19 heavy (non-hydrogen) atoms. The molecule has 2 atom stereocenters. The zero-order chi connectivity index (χ0) is 14.1. The van der Waals surface area contributed by atoms with Crippen LogP contribution in [0.1, 0.15) is 59.3 Å². The summed E-state index contributed by atoms with van der Waals surface area (Å²) in [7, 11) is 0. The van der Waals surface area contributed by atoms with Crippen LogP contribution in [0.25, 0.3) is 0 Å². The van der Waals surface area contributed by atoms with Gasteiger partial charge in [0.15, 0.2) is 0 Å². The minimum atomic E-state index is -0.0800. The van der Waals surface area contributed by atoms with Crippen LogP contribution in [-0.4, -0.2) is 35.5 Å². The molecule has 0 saturated heterocycles. The maximum atomic E-state index is 12.1. The standard InChI is InChI=1S/C15H30N2OS/c1-4-19-11-10-12(2)16-13(3)15(18)17-14-8-6-5-7-9-14/h12-14,16H,4-11H2,1-3H3,(H,17,18). The van der Waals surface area contributed by atoms with E-state index in [1.807, 2.05) is 18.7 Å². The Morgan fingerprint density at radius 2 is 1.95 bits per heavy atom. The van der Waals surface area contributed by atoms with Crippen LogP contribution >= 0.6 is 11.8 Å². The lowest BCUT2D eigenvalue weighted by atomic mass is 9.95. The highest BCUT2D eigenvalue weighted by atomic mass is 32.2. The summed E-state index contributed by atoms with van der Waals surface area (Å²) in [5, 5.41) is 6.59. The quantitative estimate of drug-likeness (QED) is 0.674. The molecule has 0 radical (unpaired) electrons. The van der Waals surface area contributed by atoms with E-state index in [4.69, 9.17) is 0 Å². The number of thioether (sulfide) groups is 1. The summed E-state index contributed by atoms with van der Waals surface area (Å²) in [5.74, 6) is 2.51. The van der Waals surface area contributed by atoms with Gasteiger partial charge in [0.05, 0.1) is 6.04 Å². The lowest BCUT2D eigenvalue weighted by Gasteiger charge is -2.26. The first-order valence-electron chi connectivity index (χ1n) is 7.77. The Balaban J connectivity index is 2.19. The Kier molecular flexibility index (Phi) is 8.55. The molecule has 0 aromatic heterocycles. The van der Waals surface area contributed by atoms with Gasteiger partial charge in [0.2, 0.25) is 5.91 Å². The van der Waals surface area contributed by atoms with E-state index in [9.17, 15) is 4.79 Å². The van der Waals surface area contributed by atoms with Gasteiger partial charge in [0.1, 0.15) is 0 Å². The first-order chi connectivity index (χ1) is 9.13. The van der Waals surface area contributed by atoms with Gasteiger partial charge in [-0.3, -0.25) is 4.79 Å². The largest absolute Gasteiger partial charge is 0.352 e. The molecule has 1 aliphatic carbocycles. The maximum Gasteiger partial charge on any atom is 0.237 e. The molecule has 1 aliphatic rings. The van der Waals surface area contributed by atoms with Crippen LogP contribution in [0.15, 0.2) is 0 Å². The Morgan fingerprint density at radius 3 is 2.58 bits per heavy atom. The van der Waals surface area contributed by atoms with Gasteiger partial charge in [-0.05, 0) is 44.6 Å². The molecule has 0 heterocycles. The lowest BCUT2D eigenvalue weighted by Crippen LogP contribution is -2.49. The van der Waals surface area contributed by atoms with Crippen molar-refractivity contribution >= 4 is 17.7 Å². The second kappa shape index (κ2) is 9.65. The summed E-state index contributed by atoms with van der Waals surface area (Å²) in [4.78, 5) is 12.1. The number of hydrogen-bond donors (Lipinski definition) is 2. The van der Waals surface area contributed by atoms with Gasteiger partial charge in [0, 0.05) is 12.1 Å². The normalized spacial score (nSPS) is 19.9. The predicted octanol–water partition coefficient (Wildman–Crippen LogP) is 2.95. The summed E-state index contributed by atoms with van der Waals surface area (Å²) < 4.78 is 0. The monoisotopic (exact) mass is 286 g/mol. The Bertz CT molecular complexity index is 255. The highest BCUT2D eigenvalue weighted by Crippen LogP contribution is 2.17. The van der Waals surface area contributed by atoms with Gasteiger partial charge in [-0.2, -0.15) is 11.8 Å². The number of rotatable bonds is 8. The van der Waals surface area contributed by atoms with E-state index in [2.05, 4.69) is 24.5 Å². The van der Waals surface area contributed by atoms with E-state index in [0.717, 1.165) is 19.3 Å². The first kappa shape index (κ1) is 16.8. The molecule has 1 rings (SSSR count). The maximum absolute atomic E-state index is 12.1. The van der Waals surface area contributed by atoms with Gasteiger partial charge < -0.3 is 10.6 Å². The van der Waals surface area contributed by atoms with Crippen molar-refractivity contribution in [3.8, 4) is 0 Å². The predicted molar refractivity (Wildman–Crippen MR) is 84.7 cm³/mol. The molecule has 0 bridgehead atoms. The van der Waals surface area contributed by atoms with Crippen LogP contribution in [0.3, 0.4) is 0 Å². The van der Waals surface area contributed by atoms with Gasteiger partial charge in [-0.25, -0.2) is 0 Å². The van der Waals surface area contributed by atoms with Gasteiger partial charge in [0.25, 0.3) is 0 Å². The summed E-state index contributed by atoms with van der Waals surface area (Å²) in [6.07, 6.45) is 7.28. The van der Waals surface area contributed by atoms with Crippen molar-refractivity contribution in [2.45, 2.75) is 77.4 Å². The Hall–Kier alpha value is -0.220. The van der Waals surface area contributed by atoms with E-state index in [0.29, 0.717) is 12.1 Å². The Labute approximate surface area is 122 Å². The zero-order valence-corrected chi connectivity index (χ0v) is 13.5. The molecule has 1 fully saturated rings. The third-order valence-corrected chi connectivity index (χ3v) is 4.71. The number of hydrogen-bond acceptors (Lipinski definition) is 3. The van der Waals surface area contributed by atoms with Crippen LogP contribution in [0.2, 0.25) is 0 Å². The van der Waals surface area contributed by atoms with Gasteiger partial charge in [-0.1, -0.05) is 26.2 Å². The number of carbonyl (C=O) groups is 1. The average molecular weight is 286 g/mol. The third-order valence-electron chi connectivity index (χ3n) is 3.78. The minimum absolute atomic E-state index is 0.0800. The molecule has 0 aromatic carbocycles. The van der Waals surface area contributed by atoms with E-state index >= 15 is 0 Å². The van der Waals surface area contributed by atoms with Crippen LogP contribution in [0.5, 0.6) is 0 Å². The van der Waals surface area contributed by atoms with E-state index in [1.54, 1.807) is 0 Å². The summed E-state index contributed by atoms with van der Waals surface area (Å²) in [6, 6.07) is 0.742. The SMILES string of the molecule is CCSCCC(C)NC(C)C(=O)NC1CCCCC1. The molecule has 112 valence electrons. The molecule has 1 amide bonds. The van der Waals surface area contributed by atoms with Crippen molar-refractivity contribution in [1.82, 2.24) is 10.6 Å². The number of nitrogens with one attached hydrogen (secondary N) is 2. The highest BCUT2D eigenvalue weighted by Gasteiger charge is 2.20. The molecule has 2 unspecified atom stereocenters. The molecule has 4 heteroatoms. The molecule has 1 saturated carbocycles. The fraction of sp³-hybridized carbons (Fsp3) is 0.933. The summed E-state index contributed by atoms with van der Waals surface area (Å²) in [6.45, 7) is 6.32. The summed E-state index contributed by atoms with van der Waals surface area (Å²) in [5.41, 5.74) is 0. The second-order valence-corrected chi connectivity index (χ2v) is 7.01. The molecule has 2 N–H and O–H groups in total. The highest BCUT2D eigenvalue weighted by molar-refractivity contribution is 7.99. The number of amides is 1. The van der Waals surface area contributed by atoms with Crippen molar-refractivity contribution < 1.29 is 4.79 Å². The average Bonchev–Trinajstić information content (AvgIpc) is 2.40. The molecule has 3 nitrogen and oxygen atoms in total. The van der Waals surface area contributed by atoms with Crippen LogP contribution < -0.4 is 10.6 Å². The molecule has 0 spiro atoms. The van der Waals surface area contributed by atoms with Crippen molar-refractivity contribution in [1.29, 1.82) is 0 Å². The van der Waals surface area contributed by atoms with Crippen LogP contribution in [-0.2, 0) is 4.79 Å². The first-order valence-corrected chi connectivity index (χ1v) is 8.93. The fourth-order valence-electron chi connectivity index (χ4n) is 2.56. The minimum Gasteiger partial charge on any atom is -0.352 e. The van der Waals surface area contributed by atoms with Crippen molar-refractivity contribution in [3.63, 3.8) is 0 Å². The smallest absolute Gasteiger partial charge is 0.237 e. The number of carbonyl (C=O) groups excluding carboxylic acids is 1. The van der Waals surface area contributed by atoms with E-state index < -0.39 is 0 Å². The molecule has 0 aromatic rings. The van der Waals surface area contributed by atoms with E-state index in [-0.39, 0.29) is 11.9 Å². The van der Waals surface area contributed by atoms with E-state index in [1.165, 1.54) is 30.8 Å². The lowest BCUT2D eigenvalue weighted by molar-refractivity contribution is -0.123.